The first-order valence-electron chi connectivity index (χ1n) is 7.25. The molecule has 0 aliphatic carbocycles. The number of nitrogens with zero attached hydrogens (tertiary/aromatic N) is 1. The van der Waals surface area contributed by atoms with Crippen LogP contribution in [0.1, 0.15) is 18.1 Å². The van der Waals surface area contributed by atoms with Crippen molar-refractivity contribution in [1.82, 2.24) is 15.5 Å². The minimum atomic E-state index is -0.229. The summed E-state index contributed by atoms with van der Waals surface area (Å²) in [6.07, 6.45) is 2.83. The van der Waals surface area contributed by atoms with Crippen LogP contribution in [-0.2, 0) is 13.0 Å². The van der Waals surface area contributed by atoms with Crippen molar-refractivity contribution in [3.8, 4) is 11.3 Å². The van der Waals surface area contributed by atoms with Crippen molar-refractivity contribution < 1.29 is 4.39 Å². The number of aromatic amines is 1. The van der Waals surface area contributed by atoms with E-state index in [0.717, 1.165) is 29.8 Å². The van der Waals surface area contributed by atoms with Gasteiger partial charge in [0.25, 0.3) is 0 Å². The van der Waals surface area contributed by atoms with Crippen molar-refractivity contribution in [3.05, 3.63) is 64.2 Å². The van der Waals surface area contributed by atoms with Crippen LogP contribution in [0.2, 0.25) is 0 Å². The molecule has 2 heterocycles. The molecule has 114 valence electrons. The van der Waals surface area contributed by atoms with Gasteiger partial charge in [-0.05, 0) is 60.0 Å². The van der Waals surface area contributed by atoms with Gasteiger partial charge in [-0.15, -0.1) is 0 Å². The summed E-state index contributed by atoms with van der Waals surface area (Å²) in [4.78, 5) is 0. The lowest BCUT2D eigenvalue weighted by Gasteiger charge is -2.13. The highest BCUT2D eigenvalue weighted by Crippen LogP contribution is 2.21. The van der Waals surface area contributed by atoms with Gasteiger partial charge >= 0.3 is 0 Å². The molecule has 0 radical (unpaired) electrons. The fourth-order valence-electron chi connectivity index (χ4n) is 2.43. The number of thiophene rings is 1. The zero-order valence-corrected chi connectivity index (χ0v) is 13.2. The normalized spacial score (nSPS) is 12.5. The summed E-state index contributed by atoms with van der Waals surface area (Å²) < 4.78 is 13.0. The Labute approximate surface area is 133 Å². The highest BCUT2D eigenvalue weighted by Gasteiger charge is 2.10. The molecule has 0 spiro atoms. The Morgan fingerprint density at radius 2 is 2.09 bits per heavy atom. The number of benzene rings is 1. The van der Waals surface area contributed by atoms with Gasteiger partial charge in [0.05, 0.1) is 11.9 Å². The molecule has 0 amide bonds. The standard InChI is InChI=1S/C17H18FN3S/c1-12(8-13-6-7-22-11-13)19-9-15-10-20-21-17(15)14-2-4-16(18)5-3-14/h2-7,10-12,19H,8-9H2,1H3,(H,20,21)/t12-/m1/s1. The Morgan fingerprint density at radius 1 is 1.27 bits per heavy atom. The summed E-state index contributed by atoms with van der Waals surface area (Å²) >= 11 is 1.72. The third kappa shape index (κ3) is 3.61. The molecule has 0 bridgehead atoms. The molecule has 3 nitrogen and oxygen atoms in total. The van der Waals surface area contributed by atoms with Gasteiger partial charge in [-0.3, -0.25) is 5.10 Å². The summed E-state index contributed by atoms with van der Waals surface area (Å²) in [7, 11) is 0. The maximum atomic E-state index is 13.0. The van der Waals surface area contributed by atoms with E-state index in [-0.39, 0.29) is 5.82 Å². The Morgan fingerprint density at radius 3 is 2.82 bits per heavy atom. The lowest BCUT2D eigenvalue weighted by molar-refractivity contribution is 0.546. The van der Waals surface area contributed by atoms with Crippen molar-refractivity contribution in [1.29, 1.82) is 0 Å². The summed E-state index contributed by atoms with van der Waals surface area (Å²) in [6, 6.07) is 9.00. The molecule has 2 aromatic heterocycles. The molecule has 0 saturated carbocycles. The predicted molar refractivity (Wildman–Crippen MR) is 88.3 cm³/mol. The molecule has 0 aliphatic heterocycles. The average Bonchev–Trinajstić information content (AvgIpc) is 3.17. The monoisotopic (exact) mass is 315 g/mol. The molecule has 3 rings (SSSR count). The summed E-state index contributed by atoms with van der Waals surface area (Å²) in [5.41, 5.74) is 4.33. The van der Waals surface area contributed by atoms with E-state index < -0.39 is 0 Å². The van der Waals surface area contributed by atoms with Crippen LogP contribution in [0, 0.1) is 5.82 Å². The van der Waals surface area contributed by atoms with Crippen LogP contribution in [0.5, 0.6) is 0 Å². The SMILES string of the molecule is C[C@H](Cc1ccsc1)NCc1cn[nH]c1-c1ccc(F)cc1. The predicted octanol–water partition coefficient (Wildman–Crippen LogP) is 4.00. The topological polar surface area (TPSA) is 40.7 Å². The number of nitrogens with one attached hydrogen (secondary N) is 2. The number of hydrogen-bond acceptors (Lipinski definition) is 3. The van der Waals surface area contributed by atoms with E-state index in [1.54, 1.807) is 23.5 Å². The van der Waals surface area contributed by atoms with Gasteiger partial charge in [-0.2, -0.15) is 16.4 Å². The van der Waals surface area contributed by atoms with Gasteiger partial charge in [-0.25, -0.2) is 4.39 Å². The van der Waals surface area contributed by atoms with Crippen LogP contribution in [0.3, 0.4) is 0 Å². The molecule has 0 fully saturated rings. The second kappa shape index (κ2) is 6.85. The number of aromatic nitrogens is 2. The number of rotatable bonds is 6. The average molecular weight is 315 g/mol. The van der Waals surface area contributed by atoms with Gasteiger partial charge in [0.1, 0.15) is 5.82 Å². The smallest absolute Gasteiger partial charge is 0.123 e. The van der Waals surface area contributed by atoms with E-state index in [0.29, 0.717) is 6.04 Å². The number of hydrogen-bond donors (Lipinski definition) is 2. The minimum absolute atomic E-state index is 0.229. The first kappa shape index (κ1) is 14.9. The van der Waals surface area contributed by atoms with E-state index in [4.69, 9.17) is 0 Å². The van der Waals surface area contributed by atoms with Crippen LogP contribution in [0.25, 0.3) is 11.3 Å². The maximum absolute atomic E-state index is 13.0. The van der Waals surface area contributed by atoms with Gasteiger partial charge in [-0.1, -0.05) is 0 Å². The zero-order chi connectivity index (χ0) is 15.4. The molecule has 0 aliphatic rings. The van der Waals surface area contributed by atoms with Gasteiger partial charge < -0.3 is 5.32 Å². The quantitative estimate of drug-likeness (QED) is 0.722. The lowest BCUT2D eigenvalue weighted by Crippen LogP contribution is -2.27. The van der Waals surface area contributed by atoms with E-state index in [2.05, 4.69) is 39.3 Å². The van der Waals surface area contributed by atoms with Crippen LogP contribution >= 0.6 is 11.3 Å². The zero-order valence-electron chi connectivity index (χ0n) is 12.3. The van der Waals surface area contributed by atoms with Crippen molar-refractivity contribution >= 4 is 11.3 Å². The molecule has 1 atom stereocenters. The molecule has 0 saturated heterocycles. The number of H-pyrrole nitrogens is 1. The third-order valence-corrected chi connectivity index (χ3v) is 4.35. The van der Waals surface area contributed by atoms with Gasteiger partial charge in [0, 0.05) is 23.7 Å². The Bertz CT molecular complexity index is 704. The van der Waals surface area contributed by atoms with E-state index in [9.17, 15) is 4.39 Å². The Hall–Kier alpha value is -1.98. The summed E-state index contributed by atoms with van der Waals surface area (Å²) in [6.45, 7) is 2.91. The van der Waals surface area contributed by atoms with E-state index >= 15 is 0 Å². The van der Waals surface area contributed by atoms with Gasteiger partial charge in [0.2, 0.25) is 0 Å². The molecule has 0 unspecified atom stereocenters. The molecule has 2 N–H and O–H groups in total. The van der Waals surface area contributed by atoms with Crippen LogP contribution in [0.4, 0.5) is 4.39 Å². The molecule has 1 aromatic carbocycles. The van der Waals surface area contributed by atoms with Crippen LogP contribution < -0.4 is 5.32 Å². The van der Waals surface area contributed by atoms with Crippen molar-refractivity contribution in [2.24, 2.45) is 0 Å². The van der Waals surface area contributed by atoms with Crippen LogP contribution in [0.15, 0.2) is 47.3 Å². The summed E-state index contributed by atoms with van der Waals surface area (Å²) in [5, 5.41) is 14.9. The fraction of sp³-hybridized carbons (Fsp3) is 0.235. The largest absolute Gasteiger partial charge is 0.310 e. The second-order valence-corrected chi connectivity index (χ2v) is 6.17. The maximum Gasteiger partial charge on any atom is 0.123 e. The Kier molecular flexibility index (Phi) is 4.65. The van der Waals surface area contributed by atoms with Crippen molar-refractivity contribution in [2.75, 3.05) is 0 Å². The third-order valence-electron chi connectivity index (χ3n) is 3.61. The van der Waals surface area contributed by atoms with Crippen LogP contribution in [-0.4, -0.2) is 16.2 Å². The molecule has 5 heteroatoms. The van der Waals surface area contributed by atoms with Gasteiger partial charge in [0.15, 0.2) is 0 Å². The highest BCUT2D eigenvalue weighted by molar-refractivity contribution is 7.07. The fourth-order valence-corrected chi connectivity index (χ4v) is 3.11. The second-order valence-electron chi connectivity index (χ2n) is 5.39. The Balaban J connectivity index is 1.64. The minimum Gasteiger partial charge on any atom is -0.310 e. The van der Waals surface area contributed by atoms with E-state index in [1.807, 2.05) is 6.20 Å². The summed E-state index contributed by atoms with van der Waals surface area (Å²) in [5.74, 6) is -0.229. The molecule has 3 aromatic rings. The van der Waals surface area contributed by atoms with Crippen molar-refractivity contribution in [3.63, 3.8) is 0 Å². The molecular formula is C17H18FN3S. The first-order chi connectivity index (χ1) is 10.7. The lowest BCUT2D eigenvalue weighted by atomic mass is 10.1. The van der Waals surface area contributed by atoms with E-state index in [1.165, 1.54) is 17.7 Å². The molecular weight excluding hydrogens is 297 g/mol. The first-order valence-corrected chi connectivity index (χ1v) is 8.19. The highest BCUT2D eigenvalue weighted by atomic mass is 32.1. The number of halogens is 1. The van der Waals surface area contributed by atoms with Crippen molar-refractivity contribution in [2.45, 2.75) is 25.9 Å². The molecule has 22 heavy (non-hydrogen) atoms.